The SMILES string of the molecule is CC(C)OCC(=O)N1CCN(C(=O)CCCC(=O)C(C)C)CC1. The Morgan fingerprint density at radius 2 is 1.39 bits per heavy atom. The van der Waals surface area contributed by atoms with Crippen LogP contribution in [-0.4, -0.2) is 66.3 Å². The summed E-state index contributed by atoms with van der Waals surface area (Å²) in [6.07, 6.45) is 1.52. The van der Waals surface area contributed by atoms with E-state index in [0.717, 1.165) is 0 Å². The van der Waals surface area contributed by atoms with Crippen molar-refractivity contribution >= 4 is 17.6 Å². The molecule has 132 valence electrons. The molecule has 6 nitrogen and oxygen atoms in total. The van der Waals surface area contributed by atoms with Crippen LogP contribution >= 0.6 is 0 Å². The molecule has 0 unspecified atom stereocenters. The molecule has 0 spiro atoms. The quantitative estimate of drug-likeness (QED) is 0.677. The van der Waals surface area contributed by atoms with Gasteiger partial charge in [-0.3, -0.25) is 14.4 Å². The number of piperazine rings is 1. The number of Topliss-reactive ketones (excluding diaryl/α,β-unsaturated/α-hetero) is 1. The molecule has 6 heteroatoms. The van der Waals surface area contributed by atoms with E-state index in [4.69, 9.17) is 4.74 Å². The van der Waals surface area contributed by atoms with Crippen molar-refractivity contribution in [3.05, 3.63) is 0 Å². The maximum absolute atomic E-state index is 12.1. The van der Waals surface area contributed by atoms with Gasteiger partial charge in [0.15, 0.2) is 0 Å². The molecule has 1 saturated heterocycles. The molecule has 1 rings (SSSR count). The van der Waals surface area contributed by atoms with Gasteiger partial charge in [0.05, 0.1) is 6.10 Å². The fraction of sp³-hybridized carbons (Fsp3) is 0.824. The Bertz CT molecular complexity index is 413. The van der Waals surface area contributed by atoms with Crippen LogP contribution in [0.5, 0.6) is 0 Å². The number of ketones is 1. The largest absolute Gasteiger partial charge is 0.369 e. The van der Waals surface area contributed by atoms with Gasteiger partial charge in [-0.15, -0.1) is 0 Å². The van der Waals surface area contributed by atoms with Crippen molar-refractivity contribution in [2.24, 2.45) is 5.92 Å². The first kappa shape index (κ1) is 19.6. The molecule has 1 fully saturated rings. The predicted octanol–water partition coefficient (Wildman–Crippen LogP) is 1.48. The Labute approximate surface area is 139 Å². The minimum Gasteiger partial charge on any atom is -0.369 e. The topological polar surface area (TPSA) is 66.9 Å². The Morgan fingerprint density at radius 1 is 0.870 bits per heavy atom. The summed E-state index contributed by atoms with van der Waals surface area (Å²) in [5.74, 6) is 0.298. The van der Waals surface area contributed by atoms with Crippen molar-refractivity contribution in [2.75, 3.05) is 32.8 Å². The lowest BCUT2D eigenvalue weighted by Gasteiger charge is -2.35. The van der Waals surface area contributed by atoms with Gasteiger partial charge < -0.3 is 14.5 Å². The maximum atomic E-state index is 12.1. The first-order valence-corrected chi connectivity index (χ1v) is 8.51. The highest BCUT2D eigenvalue weighted by Gasteiger charge is 2.24. The average molecular weight is 326 g/mol. The van der Waals surface area contributed by atoms with Crippen molar-refractivity contribution < 1.29 is 19.1 Å². The lowest BCUT2D eigenvalue weighted by molar-refractivity contribution is -0.143. The molecule has 0 aromatic heterocycles. The summed E-state index contributed by atoms with van der Waals surface area (Å²) in [4.78, 5) is 39.2. The number of hydrogen-bond acceptors (Lipinski definition) is 4. The maximum Gasteiger partial charge on any atom is 0.248 e. The van der Waals surface area contributed by atoms with Crippen molar-refractivity contribution in [3.63, 3.8) is 0 Å². The second kappa shape index (κ2) is 9.65. The third kappa shape index (κ3) is 7.12. The number of amides is 2. The number of ether oxygens (including phenoxy) is 1. The summed E-state index contributed by atoms with van der Waals surface area (Å²) in [6, 6.07) is 0. The molecule has 0 N–H and O–H groups in total. The molecule has 0 aliphatic carbocycles. The van der Waals surface area contributed by atoms with Gasteiger partial charge in [0.2, 0.25) is 11.8 Å². The Balaban J connectivity index is 2.25. The first-order valence-electron chi connectivity index (χ1n) is 8.51. The van der Waals surface area contributed by atoms with Crippen molar-refractivity contribution in [1.82, 2.24) is 9.80 Å². The van der Waals surface area contributed by atoms with Crippen LogP contribution in [0, 0.1) is 5.92 Å². The smallest absolute Gasteiger partial charge is 0.248 e. The van der Waals surface area contributed by atoms with E-state index in [-0.39, 0.29) is 36.2 Å². The van der Waals surface area contributed by atoms with E-state index < -0.39 is 0 Å². The van der Waals surface area contributed by atoms with E-state index >= 15 is 0 Å². The zero-order valence-corrected chi connectivity index (χ0v) is 14.8. The number of hydrogen-bond donors (Lipinski definition) is 0. The molecule has 1 aliphatic rings. The summed E-state index contributed by atoms with van der Waals surface area (Å²) in [6.45, 7) is 9.88. The van der Waals surface area contributed by atoms with Crippen LogP contribution in [0.2, 0.25) is 0 Å². The first-order chi connectivity index (χ1) is 10.8. The second-order valence-electron chi connectivity index (χ2n) is 6.60. The number of nitrogens with zero attached hydrogens (tertiary/aromatic N) is 2. The van der Waals surface area contributed by atoms with Crippen LogP contribution in [0.15, 0.2) is 0 Å². The van der Waals surface area contributed by atoms with Crippen molar-refractivity contribution in [1.29, 1.82) is 0 Å². The van der Waals surface area contributed by atoms with E-state index in [1.165, 1.54) is 0 Å². The van der Waals surface area contributed by atoms with Gasteiger partial charge in [-0.1, -0.05) is 13.8 Å². The highest BCUT2D eigenvalue weighted by Crippen LogP contribution is 2.09. The highest BCUT2D eigenvalue weighted by molar-refractivity contribution is 5.82. The van der Waals surface area contributed by atoms with Gasteiger partial charge in [0, 0.05) is 44.9 Å². The van der Waals surface area contributed by atoms with Crippen LogP contribution in [0.4, 0.5) is 0 Å². The van der Waals surface area contributed by atoms with Gasteiger partial charge in [-0.05, 0) is 20.3 Å². The average Bonchev–Trinajstić information content (AvgIpc) is 2.52. The third-order valence-electron chi connectivity index (χ3n) is 3.98. The summed E-state index contributed by atoms with van der Waals surface area (Å²) in [7, 11) is 0. The predicted molar refractivity (Wildman–Crippen MR) is 87.9 cm³/mol. The van der Waals surface area contributed by atoms with Crippen LogP contribution in [-0.2, 0) is 19.1 Å². The zero-order chi connectivity index (χ0) is 17.4. The van der Waals surface area contributed by atoms with Gasteiger partial charge in [-0.25, -0.2) is 0 Å². The van der Waals surface area contributed by atoms with Gasteiger partial charge in [0.25, 0.3) is 0 Å². The molecule has 1 aliphatic heterocycles. The van der Waals surface area contributed by atoms with Crippen molar-refractivity contribution in [2.45, 2.75) is 53.1 Å². The Morgan fingerprint density at radius 3 is 1.87 bits per heavy atom. The molecule has 0 saturated carbocycles. The highest BCUT2D eigenvalue weighted by atomic mass is 16.5. The third-order valence-corrected chi connectivity index (χ3v) is 3.98. The lowest BCUT2D eigenvalue weighted by Crippen LogP contribution is -2.51. The van der Waals surface area contributed by atoms with Gasteiger partial charge in [0.1, 0.15) is 12.4 Å². The summed E-state index contributed by atoms with van der Waals surface area (Å²) in [5, 5.41) is 0. The normalized spacial score (nSPS) is 15.4. The molecular formula is C17H30N2O4. The van der Waals surface area contributed by atoms with Crippen LogP contribution in [0.25, 0.3) is 0 Å². The molecular weight excluding hydrogens is 296 g/mol. The minimum absolute atomic E-state index is 0.0201. The van der Waals surface area contributed by atoms with Gasteiger partial charge >= 0.3 is 0 Å². The minimum atomic E-state index is -0.0201. The zero-order valence-electron chi connectivity index (χ0n) is 14.8. The Hall–Kier alpha value is -1.43. The second-order valence-corrected chi connectivity index (χ2v) is 6.60. The summed E-state index contributed by atoms with van der Waals surface area (Å²) >= 11 is 0. The fourth-order valence-electron chi connectivity index (χ4n) is 2.40. The van der Waals surface area contributed by atoms with E-state index in [1.807, 2.05) is 27.7 Å². The molecule has 23 heavy (non-hydrogen) atoms. The van der Waals surface area contributed by atoms with Crippen LogP contribution in [0.1, 0.15) is 47.0 Å². The molecule has 0 radical (unpaired) electrons. The van der Waals surface area contributed by atoms with Crippen LogP contribution < -0.4 is 0 Å². The van der Waals surface area contributed by atoms with Crippen molar-refractivity contribution in [3.8, 4) is 0 Å². The molecule has 2 amide bonds. The van der Waals surface area contributed by atoms with Gasteiger partial charge in [-0.2, -0.15) is 0 Å². The van der Waals surface area contributed by atoms with Crippen LogP contribution in [0.3, 0.4) is 0 Å². The number of rotatable bonds is 8. The summed E-state index contributed by atoms with van der Waals surface area (Å²) in [5.41, 5.74) is 0. The number of carbonyl (C=O) groups is 3. The monoisotopic (exact) mass is 326 g/mol. The Kier molecular flexibility index (Phi) is 8.23. The molecule has 0 atom stereocenters. The molecule has 0 bridgehead atoms. The van der Waals surface area contributed by atoms with E-state index in [0.29, 0.717) is 45.4 Å². The standard InChI is InChI=1S/C17H30N2O4/c1-13(2)15(20)6-5-7-16(21)18-8-10-19(11-9-18)17(22)12-23-14(3)4/h13-14H,5-12H2,1-4H3. The number of carbonyl (C=O) groups excluding carboxylic acids is 3. The fourth-order valence-corrected chi connectivity index (χ4v) is 2.40. The van der Waals surface area contributed by atoms with E-state index in [9.17, 15) is 14.4 Å². The van der Waals surface area contributed by atoms with E-state index in [1.54, 1.807) is 9.80 Å². The van der Waals surface area contributed by atoms with E-state index in [2.05, 4.69) is 0 Å². The molecule has 0 aromatic carbocycles. The molecule has 0 aromatic rings. The molecule has 1 heterocycles. The lowest BCUT2D eigenvalue weighted by atomic mass is 10.0. The summed E-state index contributed by atoms with van der Waals surface area (Å²) < 4.78 is 5.32.